The first-order valence-corrected chi connectivity index (χ1v) is 8.13. The minimum absolute atomic E-state index is 0.420. The van der Waals surface area contributed by atoms with Gasteiger partial charge in [0.1, 0.15) is 5.60 Å². The van der Waals surface area contributed by atoms with E-state index in [0.717, 1.165) is 31.9 Å². The molecule has 3 N–H and O–H groups in total. The Morgan fingerprint density at radius 3 is 2.23 bits per heavy atom. The van der Waals surface area contributed by atoms with Crippen LogP contribution < -0.4 is 16.0 Å². The van der Waals surface area contributed by atoms with Crippen LogP contribution in [0.2, 0.25) is 0 Å². The minimum atomic E-state index is -0.500. The van der Waals surface area contributed by atoms with Crippen LogP contribution in [0.4, 0.5) is 4.79 Å². The number of unbranched alkanes of at least 4 members (excludes halogenated alkanes) is 1. The number of carbonyl (C=O) groups is 1. The lowest BCUT2D eigenvalue weighted by Gasteiger charge is -2.27. The predicted molar refractivity (Wildman–Crippen MR) is 92.3 cm³/mol. The second-order valence-electron chi connectivity index (χ2n) is 6.99. The minimum Gasteiger partial charge on any atom is -0.444 e. The van der Waals surface area contributed by atoms with Crippen molar-refractivity contribution in [2.24, 2.45) is 4.99 Å². The predicted octanol–water partition coefficient (Wildman–Crippen LogP) is 2.64. The molecule has 0 aliphatic heterocycles. The number of hydrogen-bond acceptors (Lipinski definition) is 3. The van der Waals surface area contributed by atoms with Gasteiger partial charge in [0.05, 0.1) is 12.1 Å². The Morgan fingerprint density at radius 2 is 1.73 bits per heavy atom. The van der Waals surface area contributed by atoms with E-state index in [1.807, 2.05) is 41.5 Å². The lowest BCUT2D eigenvalue weighted by molar-refractivity contribution is 0.0476. The van der Waals surface area contributed by atoms with Gasteiger partial charge in [-0.2, -0.15) is 0 Å². The molecule has 0 radical (unpaired) electrons. The molecule has 0 aliphatic rings. The Labute approximate surface area is 135 Å². The third-order valence-corrected chi connectivity index (χ3v) is 2.64. The van der Waals surface area contributed by atoms with Gasteiger partial charge < -0.3 is 20.7 Å². The van der Waals surface area contributed by atoms with Crippen LogP contribution in [0.5, 0.6) is 0 Å². The van der Waals surface area contributed by atoms with E-state index in [-0.39, 0.29) is 0 Å². The zero-order valence-corrected chi connectivity index (χ0v) is 15.3. The maximum atomic E-state index is 11.8. The van der Waals surface area contributed by atoms with Crippen molar-refractivity contribution in [1.82, 2.24) is 16.0 Å². The Kier molecular flexibility index (Phi) is 8.90. The number of amides is 1. The van der Waals surface area contributed by atoms with Crippen LogP contribution in [0.15, 0.2) is 4.99 Å². The van der Waals surface area contributed by atoms with E-state index < -0.39 is 17.2 Å². The maximum Gasteiger partial charge on any atom is 0.408 e. The fourth-order valence-corrected chi connectivity index (χ4v) is 1.62. The average Bonchev–Trinajstić information content (AvgIpc) is 2.33. The number of ether oxygens (including phenoxy) is 1. The van der Waals surface area contributed by atoms with Crippen LogP contribution >= 0.6 is 0 Å². The standard InChI is InChI=1S/C16H34N4O2/c1-8-10-11-18-13(17-9-2)19-12-16(6,7)20-14(21)22-15(3,4)5/h8-12H2,1-7H3,(H,20,21)(H2,17,18,19). The summed E-state index contributed by atoms with van der Waals surface area (Å²) in [5, 5.41) is 9.34. The maximum absolute atomic E-state index is 11.8. The summed E-state index contributed by atoms with van der Waals surface area (Å²) in [6.07, 6.45) is 1.82. The molecule has 0 aromatic rings. The second kappa shape index (κ2) is 9.54. The summed E-state index contributed by atoms with van der Waals surface area (Å²) in [4.78, 5) is 16.4. The third-order valence-electron chi connectivity index (χ3n) is 2.64. The van der Waals surface area contributed by atoms with E-state index in [0.29, 0.717) is 6.54 Å². The molecule has 0 aliphatic carbocycles. The normalized spacial score (nSPS) is 12.8. The van der Waals surface area contributed by atoms with Gasteiger partial charge in [0.25, 0.3) is 0 Å². The molecule has 6 heteroatoms. The molecule has 0 aromatic heterocycles. The molecule has 0 rings (SSSR count). The highest BCUT2D eigenvalue weighted by Gasteiger charge is 2.24. The molecule has 0 heterocycles. The van der Waals surface area contributed by atoms with Crippen LogP contribution in [-0.2, 0) is 4.74 Å². The third kappa shape index (κ3) is 11.2. The number of rotatable bonds is 7. The van der Waals surface area contributed by atoms with Crippen LogP contribution in [0.3, 0.4) is 0 Å². The van der Waals surface area contributed by atoms with Gasteiger partial charge in [0, 0.05) is 13.1 Å². The monoisotopic (exact) mass is 314 g/mol. The molecular formula is C16H34N4O2. The van der Waals surface area contributed by atoms with Crippen molar-refractivity contribution < 1.29 is 9.53 Å². The van der Waals surface area contributed by atoms with Gasteiger partial charge in [0.2, 0.25) is 0 Å². The van der Waals surface area contributed by atoms with E-state index in [1.54, 1.807) is 0 Å². The van der Waals surface area contributed by atoms with Gasteiger partial charge in [-0.05, 0) is 48.0 Å². The number of guanidine groups is 1. The molecule has 0 bridgehead atoms. The molecule has 0 saturated heterocycles. The molecule has 1 amide bonds. The smallest absolute Gasteiger partial charge is 0.408 e. The molecule has 0 atom stereocenters. The van der Waals surface area contributed by atoms with Gasteiger partial charge in [-0.3, -0.25) is 4.99 Å². The van der Waals surface area contributed by atoms with Crippen molar-refractivity contribution in [2.45, 2.75) is 72.4 Å². The van der Waals surface area contributed by atoms with Crippen LogP contribution in [0.25, 0.3) is 0 Å². The Morgan fingerprint density at radius 1 is 1.09 bits per heavy atom. The number of nitrogens with zero attached hydrogens (tertiary/aromatic N) is 1. The lowest BCUT2D eigenvalue weighted by atomic mass is 10.1. The van der Waals surface area contributed by atoms with E-state index in [4.69, 9.17) is 4.74 Å². The second-order valence-corrected chi connectivity index (χ2v) is 6.99. The summed E-state index contributed by atoms with van der Waals surface area (Å²) < 4.78 is 5.28. The fraction of sp³-hybridized carbons (Fsp3) is 0.875. The fourth-order valence-electron chi connectivity index (χ4n) is 1.62. The number of aliphatic imine (C=N–C) groups is 1. The Balaban J connectivity index is 4.51. The first-order chi connectivity index (χ1) is 10.1. The first kappa shape index (κ1) is 20.5. The summed E-state index contributed by atoms with van der Waals surface area (Å²) in [5.74, 6) is 0.773. The van der Waals surface area contributed by atoms with Gasteiger partial charge in [-0.25, -0.2) is 4.79 Å². The van der Waals surface area contributed by atoms with E-state index in [1.165, 1.54) is 0 Å². The Hall–Kier alpha value is -1.46. The van der Waals surface area contributed by atoms with Gasteiger partial charge in [0.15, 0.2) is 5.96 Å². The van der Waals surface area contributed by atoms with Crippen LogP contribution in [0.1, 0.15) is 61.3 Å². The van der Waals surface area contributed by atoms with Crippen LogP contribution in [-0.4, -0.2) is 42.8 Å². The van der Waals surface area contributed by atoms with Crippen molar-refractivity contribution in [3.05, 3.63) is 0 Å². The number of alkyl carbamates (subject to hydrolysis) is 1. The molecule has 6 nitrogen and oxygen atoms in total. The largest absolute Gasteiger partial charge is 0.444 e. The van der Waals surface area contributed by atoms with Crippen molar-refractivity contribution in [1.29, 1.82) is 0 Å². The molecule has 0 saturated carbocycles. The van der Waals surface area contributed by atoms with Crippen LogP contribution in [0, 0.1) is 0 Å². The molecule has 0 fully saturated rings. The summed E-state index contributed by atoms with van der Waals surface area (Å²) in [6, 6.07) is 0. The highest BCUT2D eigenvalue weighted by atomic mass is 16.6. The summed E-state index contributed by atoms with van der Waals surface area (Å²) in [6.45, 7) is 15.7. The van der Waals surface area contributed by atoms with Crippen molar-refractivity contribution in [3.63, 3.8) is 0 Å². The Bertz CT molecular complexity index is 360. The average molecular weight is 314 g/mol. The van der Waals surface area contributed by atoms with Gasteiger partial charge in [-0.15, -0.1) is 0 Å². The van der Waals surface area contributed by atoms with Gasteiger partial charge in [-0.1, -0.05) is 13.3 Å². The number of carbonyl (C=O) groups excluding carboxylic acids is 1. The summed E-state index contributed by atoms with van der Waals surface area (Å²) in [5.41, 5.74) is -0.977. The van der Waals surface area contributed by atoms with Crippen molar-refractivity contribution in [2.75, 3.05) is 19.6 Å². The van der Waals surface area contributed by atoms with Crippen molar-refractivity contribution >= 4 is 12.1 Å². The van der Waals surface area contributed by atoms with E-state index in [9.17, 15) is 4.79 Å². The highest BCUT2D eigenvalue weighted by molar-refractivity contribution is 5.79. The zero-order chi connectivity index (χ0) is 17.2. The molecule has 0 unspecified atom stereocenters. The van der Waals surface area contributed by atoms with Gasteiger partial charge >= 0.3 is 6.09 Å². The highest BCUT2D eigenvalue weighted by Crippen LogP contribution is 2.09. The molecule has 0 aromatic carbocycles. The SMILES string of the molecule is CCCCNC(=NCC(C)(C)NC(=O)OC(C)(C)C)NCC. The first-order valence-electron chi connectivity index (χ1n) is 8.13. The number of hydrogen-bond donors (Lipinski definition) is 3. The summed E-state index contributed by atoms with van der Waals surface area (Å²) >= 11 is 0. The molecule has 130 valence electrons. The number of nitrogens with one attached hydrogen (secondary N) is 3. The molecule has 22 heavy (non-hydrogen) atoms. The zero-order valence-electron chi connectivity index (χ0n) is 15.3. The quantitative estimate of drug-likeness (QED) is 0.384. The summed E-state index contributed by atoms with van der Waals surface area (Å²) in [7, 11) is 0. The molecule has 0 spiro atoms. The topological polar surface area (TPSA) is 74.8 Å². The lowest BCUT2D eigenvalue weighted by Crippen LogP contribution is -2.49. The van der Waals surface area contributed by atoms with E-state index in [2.05, 4.69) is 27.9 Å². The van der Waals surface area contributed by atoms with E-state index >= 15 is 0 Å². The van der Waals surface area contributed by atoms with Crippen molar-refractivity contribution in [3.8, 4) is 0 Å². The molecular weight excluding hydrogens is 280 g/mol.